The molecule has 0 bridgehead atoms. The van der Waals surface area contributed by atoms with Gasteiger partial charge in [0, 0.05) is 24.7 Å². The molecule has 0 amide bonds. The average Bonchev–Trinajstić information content (AvgIpc) is 3.53. The van der Waals surface area contributed by atoms with E-state index < -0.39 is 30.5 Å². The number of benzene rings is 5. The van der Waals surface area contributed by atoms with Crippen LogP contribution in [-0.2, 0) is 23.8 Å². The fraction of sp³-hybridized carbons (Fsp3) is 0.286. The Morgan fingerprint density at radius 3 is 1.30 bits per heavy atom. The van der Waals surface area contributed by atoms with Crippen LogP contribution in [0.15, 0.2) is 115 Å². The third kappa shape index (κ3) is 5.24. The first-order valence-corrected chi connectivity index (χ1v) is 17.7. The molecule has 5 heteroatoms. The van der Waals surface area contributed by atoms with Crippen molar-refractivity contribution in [2.75, 3.05) is 13.2 Å². The molecule has 1 saturated carbocycles. The number of hydrogen-bond donors (Lipinski definition) is 0. The predicted molar refractivity (Wildman–Crippen MR) is 188 cm³/mol. The fourth-order valence-electron chi connectivity index (χ4n) is 8.68. The summed E-state index contributed by atoms with van der Waals surface area (Å²) in [6.07, 6.45) is 0.855. The van der Waals surface area contributed by atoms with Crippen LogP contribution in [0.1, 0.15) is 63.6 Å². The summed E-state index contributed by atoms with van der Waals surface area (Å²) in [4.78, 5) is 0. The lowest BCUT2D eigenvalue weighted by Gasteiger charge is -2.52. The van der Waals surface area contributed by atoms with Crippen molar-refractivity contribution in [3.8, 4) is 22.3 Å². The van der Waals surface area contributed by atoms with Crippen molar-refractivity contribution in [3.63, 3.8) is 0 Å². The van der Waals surface area contributed by atoms with Crippen LogP contribution >= 0.6 is 7.68 Å². The number of hydrogen-bond acceptors (Lipinski definition) is 4. The fourth-order valence-corrected chi connectivity index (χ4v) is 10.1. The summed E-state index contributed by atoms with van der Waals surface area (Å²) in [5.41, 5.74) is 11.3. The molecule has 47 heavy (non-hydrogen) atoms. The van der Waals surface area contributed by atoms with Crippen LogP contribution in [0.5, 0.6) is 0 Å². The maximum Gasteiger partial charge on any atom is 0.327 e. The van der Waals surface area contributed by atoms with E-state index in [0.717, 1.165) is 61.2 Å². The minimum Gasteiger partial charge on any atom is -0.347 e. The van der Waals surface area contributed by atoms with Crippen molar-refractivity contribution < 1.29 is 18.6 Å². The second kappa shape index (κ2) is 12.5. The van der Waals surface area contributed by atoms with Crippen LogP contribution in [0.3, 0.4) is 0 Å². The molecule has 1 aliphatic heterocycles. The van der Waals surface area contributed by atoms with Gasteiger partial charge in [0.15, 0.2) is 5.79 Å². The third-order valence-electron chi connectivity index (χ3n) is 10.6. The molecule has 2 unspecified atom stereocenters. The number of rotatable bonds is 6. The topological polar surface area (TPSA) is 52.6 Å². The Bertz CT molecular complexity index is 1820. The van der Waals surface area contributed by atoms with E-state index in [1.54, 1.807) is 0 Å². The normalized spacial score (nSPS) is 22.0. The van der Waals surface area contributed by atoms with Crippen LogP contribution in [0, 0.1) is 27.7 Å². The molecular formula is C42H41O4P. The lowest BCUT2D eigenvalue weighted by molar-refractivity contribution is -0.190. The van der Waals surface area contributed by atoms with E-state index in [4.69, 9.17) is 9.47 Å². The molecule has 2 atom stereocenters. The van der Waals surface area contributed by atoms with Gasteiger partial charge in [-0.25, -0.2) is 9.13 Å². The van der Waals surface area contributed by atoms with E-state index in [-0.39, 0.29) is 0 Å². The van der Waals surface area contributed by atoms with Gasteiger partial charge in [0.2, 0.25) is 0 Å². The highest BCUT2D eigenvalue weighted by molar-refractivity contribution is 7.32. The maximum absolute atomic E-state index is 14.9. The van der Waals surface area contributed by atoms with E-state index >= 15 is 0 Å². The van der Waals surface area contributed by atoms with Crippen molar-refractivity contribution in [2.45, 2.75) is 63.3 Å². The molecule has 5 aromatic rings. The van der Waals surface area contributed by atoms with Gasteiger partial charge in [0.1, 0.15) is 5.16 Å². The minimum absolute atomic E-state index is 0.428. The molecule has 1 heterocycles. The van der Waals surface area contributed by atoms with E-state index in [9.17, 15) is 9.13 Å². The molecule has 0 aromatic heterocycles. The van der Waals surface area contributed by atoms with Crippen LogP contribution in [-0.4, -0.2) is 19.0 Å². The van der Waals surface area contributed by atoms with Gasteiger partial charge in [0.25, 0.3) is 0 Å². The van der Waals surface area contributed by atoms with Crippen molar-refractivity contribution in [3.05, 3.63) is 154 Å². The standard InChI is InChI=1S/C42H41O4P/c1-28-14-11-15-29(2)38(28)34-22-13-23-35(39-30(3)16-12-17-31(39)4)40(34)42(47(43)44)36(32-18-7-5-8-19-32)26-41(45-24-25-46-41)27-37(42)33-20-9-6-10-21-33/h5-23,36-37H,24-27H2,1-4H3. The first kappa shape index (κ1) is 31.5. The summed E-state index contributed by atoms with van der Waals surface area (Å²) in [5.74, 6) is -1.81. The largest absolute Gasteiger partial charge is 0.347 e. The highest BCUT2D eigenvalue weighted by Gasteiger charge is 2.63. The zero-order valence-corrected chi connectivity index (χ0v) is 28.4. The highest BCUT2D eigenvalue weighted by Crippen LogP contribution is 2.69. The summed E-state index contributed by atoms with van der Waals surface area (Å²) in [6, 6.07) is 39.4. The smallest absolute Gasteiger partial charge is 0.327 e. The first-order chi connectivity index (χ1) is 22.8. The second-order valence-corrected chi connectivity index (χ2v) is 14.5. The molecule has 2 aliphatic rings. The summed E-state index contributed by atoms with van der Waals surface area (Å²) < 4.78 is 42.8. The van der Waals surface area contributed by atoms with Gasteiger partial charge in [-0.15, -0.1) is 0 Å². The summed E-state index contributed by atoms with van der Waals surface area (Å²) in [5, 5.41) is -1.35. The van der Waals surface area contributed by atoms with Gasteiger partial charge in [-0.05, 0) is 88.9 Å². The van der Waals surface area contributed by atoms with Crippen molar-refractivity contribution in [2.24, 2.45) is 0 Å². The van der Waals surface area contributed by atoms with Crippen molar-refractivity contribution in [1.29, 1.82) is 0 Å². The van der Waals surface area contributed by atoms with Gasteiger partial charge in [-0.3, -0.25) is 0 Å². The molecule has 5 aromatic carbocycles. The molecule has 1 spiro atoms. The van der Waals surface area contributed by atoms with E-state index in [1.165, 1.54) is 0 Å². The zero-order valence-electron chi connectivity index (χ0n) is 27.5. The Kier molecular flexibility index (Phi) is 8.39. The maximum atomic E-state index is 14.9. The quantitative estimate of drug-likeness (QED) is 0.173. The number of aryl methyl sites for hydroxylation is 4. The molecule has 2 fully saturated rings. The Labute approximate surface area is 278 Å². The molecule has 0 N–H and O–H groups in total. The predicted octanol–water partition coefficient (Wildman–Crippen LogP) is 10.7. The van der Waals surface area contributed by atoms with Gasteiger partial charge in [-0.2, -0.15) is 0 Å². The summed E-state index contributed by atoms with van der Waals surface area (Å²) in [7, 11) is -3.10. The van der Waals surface area contributed by atoms with Crippen LogP contribution in [0.4, 0.5) is 0 Å². The van der Waals surface area contributed by atoms with Gasteiger partial charge in [-0.1, -0.05) is 115 Å². The minimum atomic E-state index is -3.10. The van der Waals surface area contributed by atoms with Gasteiger partial charge >= 0.3 is 7.68 Å². The molecule has 4 nitrogen and oxygen atoms in total. The Morgan fingerprint density at radius 2 is 0.915 bits per heavy atom. The van der Waals surface area contributed by atoms with Gasteiger partial charge in [0.05, 0.1) is 13.2 Å². The van der Waals surface area contributed by atoms with E-state index in [1.807, 2.05) is 36.4 Å². The Balaban J connectivity index is 1.69. The number of ether oxygens (including phenoxy) is 2. The lowest BCUT2D eigenvalue weighted by Crippen LogP contribution is -2.50. The van der Waals surface area contributed by atoms with E-state index in [2.05, 4.69) is 107 Å². The van der Waals surface area contributed by atoms with Crippen molar-refractivity contribution >= 4 is 7.68 Å². The Hall–Kier alpha value is -4.08. The molecule has 238 valence electrons. The third-order valence-corrected chi connectivity index (χ3v) is 12.0. The van der Waals surface area contributed by atoms with E-state index in [0.29, 0.717) is 26.1 Å². The molecular weight excluding hydrogens is 599 g/mol. The molecule has 0 radical (unpaired) electrons. The Morgan fingerprint density at radius 1 is 0.532 bits per heavy atom. The monoisotopic (exact) mass is 640 g/mol. The molecule has 1 saturated heterocycles. The second-order valence-electron chi connectivity index (χ2n) is 13.3. The molecule has 7 rings (SSSR count). The SMILES string of the molecule is Cc1cccc(C)c1-c1cccc(-c2c(C)cccc2C)c1C1(P(=O)=O)C(c2ccccc2)CC2(CC1c1ccccc1)OCCO2. The summed E-state index contributed by atoms with van der Waals surface area (Å²) in [6.45, 7) is 9.49. The highest BCUT2D eigenvalue weighted by atomic mass is 31.1. The van der Waals surface area contributed by atoms with Crippen LogP contribution in [0.2, 0.25) is 0 Å². The average molecular weight is 641 g/mol. The van der Waals surface area contributed by atoms with Crippen molar-refractivity contribution in [1.82, 2.24) is 0 Å². The van der Waals surface area contributed by atoms with Gasteiger partial charge < -0.3 is 9.47 Å². The van der Waals surface area contributed by atoms with Crippen LogP contribution in [0.25, 0.3) is 22.3 Å². The first-order valence-electron chi connectivity index (χ1n) is 16.6. The molecule has 1 aliphatic carbocycles. The summed E-state index contributed by atoms with van der Waals surface area (Å²) >= 11 is 0. The lowest BCUT2D eigenvalue weighted by atomic mass is 9.59. The zero-order chi connectivity index (χ0) is 32.8. The van der Waals surface area contributed by atoms with Crippen LogP contribution < -0.4 is 0 Å².